The van der Waals surface area contributed by atoms with E-state index in [1.165, 1.54) is 17.7 Å². The average molecular weight is 274 g/mol. The maximum absolute atomic E-state index is 13.3. The van der Waals surface area contributed by atoms with Crippen molar-refractivity contribution >= 4 is 5.97 Å². The number of aromatic carboxylic acids is 1. The Balaban J connectivity index is 2.08. The summed E-state index contributed by atoms with van der Waals surface area (Å²) in [6.07, 6.45) is 0.951. The number of aryl methyl sites for hydroxylation is 1. The molecule has 4 heteroatoms. The van der Waals surface area contributed by atoms with Crippen LogP contribution in [0.4, 0.5) is 4.39 Å². The number of carboxylic acids is 1. The maximum atomic E-state index is 13.3. The zero-order valence-electron chi connectivity index (χ0n) is 11.1. The third kappa shape index (κ3) is 3.57. The lowest BCUT2D eigenvalue weighted by Gasteiger charge is -2.08. The Hall–Kier alpha value is -2.36. The molecule has 0 saturated carbocycles. The summed E-state index contributed by atoms with van der Waals surface area (Å²) in [5.74, 6) is -1.06. The van der Waals surface area contributed by atoms with Crippen LogP contribution in [0.1, 0.15) is 28.4 Å². The van der Waals surface area contributed by atoms with Gasteiger partial charge in [-0.25, -0.2) is 9.18 Å². The van der Waals surface area contributed by atoms with Gasteiger partial charge in [-0.1, -0.05) is 19.1 Å². The first kappa shape index (κ1) is 14.1. The van der Waals surface area contributed by atoms with Gasteiger partial charge < -0.3 is 9.84 Å². The van der Waals surface area contributed by atoms with Crippen LogP contribution in [0, 0.1) is 5.82 Å². The normalized spacial score (nSPS) is 10.3. The van der Waals surface area contributed by atoms with E-state index >= 15 is 0 Å². The monoisotopic (exact) mass is 274 g/mol. The van der Waals surface area contributed by atoms with Gasteiger partial charge in [-0.15, -0.1) is 0 Å². The molecular weight excluding hydrogens is 259 g/mol. The van der Waals surface area contributed by atoms with Crippen molar-refractivity contribution in [3.05, 3.63) is 65.0 Å². The van der Waals surface area contributed by atoms with Gasteiger partial charge in [0.2, 0.25) is 0 Å². The second-order valence-electron chi connectivity index (χ2n) is 4.44. The number of rotatable bonds is 5. The van der Waals surface area contributed by atoms with Gasteiger partial charge in [0.05, 0.1) is 5.56 Å². The molecule has 0 atom stereocenters. The van der Waals surface area contributed by atoms with Crippen LogP contribution >= 0.6 is 0 Å². The maximum Gasteiger partial charge on any atom is 0.335 e. The Morgan fingerprint density at radius 3 is 2.45 bits per heavy atom. The van der Waals surface area contributed by atoms with Crippen molar-refractivity contribution in [3.63, 3.8) is 0 Å². The van der Waals surface area contributed by atoms with Crippen LogP contribution in [0.3, 0.4) is 0 Å². The minimum Gasteiger partial charge on any atom is -0.489 e. The number of halogens is 1. The molecule has 0 aliphatic carbocycles. The van der Waals surface area contributed by atoms with Crippen molar-refractivity contribution in [2.24, 2.45) is 0 Å². The van der Waals surface area contributed by atoms with Crippen LogP contribution < -0.4 is 4.74 Å². The molecule has 0 unspecified atom stereocenters. The third-order valence-electron chi connectivity index (χ3n) is 2.94. The van der Waals surface area contributed by atoms with Gasteiger partial charge in [0.25, 0.3) is 0 Å². The zero-order valence-corrected chi connectivity index (χ0v) is 11.1. The molecule has 0 bridgehead atoms. The van der Waals surface area contributed by atoms with E-state index in [4.69, 9.17) is 9.84 Å². The van der Waals surface area contributed by atoms with Crippen LogP contribution in [0.2, 0.25) is 0 Å². The number of ether oxygens (including phenoxy) is 1. The summed E-state index contributed by atoms with van der Waals surface area (Å²) in [6, 6.07) is 11.3. The molecule has 0 aliphatic heterocycles. The van der Waals surface area contributed by atoms with Gasteiger partial charge in [-0.2, -0.15) is 0 Å². The van der Waals surface area contributed by atoms with Crippen LogP contribution in [-0.2, 0) is 13.0 Å². The lowest BCUT2D eigenvalue weighted by Crippen LogP contribution is -2.02. The Bertz CT molecular complexity index is 606. The minimum absolute atomic E-state index is 0.0788. The Labute approximate surface area is 116 Å². The first-order chi connectivity index (χ1) is 9.58. The molecule has 104 valence electrons. The molecule has 2 aromatic carbocycles. The molecule has 0 radical (unpaired) electrons. The van der Waals surface area contributed by atoms with Gasteiger partial charge >= 0.3 is 5.97 Å². The second-order valence-corrected chi connectivity index (χ2v) is 4.44. The molecule has 20 heavy (non-hydrogen) atoms. The number of carboxylic acid groups (broad SMARTS) is 1. The largest absolute Gasteiger partial charge is 0.489 e. The van der Waals surface area contributed by atoms with Crippen molar-refractivity contribution in [1.82, 2.24) is 0 Å². The molecule has 0 heterocycles. The van der Waals surface area contributed by atoms with Crippen molar-refractivity contribution in [2.45, 2.75) is 20.0 Å². The summed E-state index contributed by atoms with van der Waals surface area (Å²) in [6.45, 7) is 2.19. The molecule has 2 rings (SSSR count). The molecule has 0 saturated heterocycles. The Morgan fingerprint density at radius 2 is 1.85 bits per heavy atom. The molecule has 3 nitrogen and oxygen atoms in total. The van der Waals surface area contributed by atoms with Crippen LogP contribution in [0.15, 0.2) is 42.5 Å². The van der Waals surface area contributed by atoms with E-state index in [9.17, 15) is 9.18 Å². The highest BCUT2D eigenvalue weighted by Crippen LogP contribution is 2.16. The minimum atomic E-state index is -1.15. The molecule has 0 aromatic heterocycles. The van der Waals surface area contributed by atoms with E-state index in [0.29, 0.717) is 11.3 Å². The number of hydrogen-bond acceptors (Lipinski definition) is 2. The highest BCUT2D eigenvalue weighted by atomic mass is 19.1. The van der Waals surface area contributed by atoms with Gasteiger partial charge in [0, 0.05) is 0 Å². The summed E-state index contributed by atoms with van der Waals surface area (Å²) < 4.78 is 18.8. The number of hydrogen-bond donors (Lipinski definition) is 1. The summed E-state index contributed by atoms with van der Waals surface area (Å²) in [7, 11) is 0. The van der Waals surface area contributed by atoms with E-state index in [1.54, 1.807) is 0 Å². The van der Waals surface area contributed by atoms with Gasteiger partial charge in [-0.05, 0) is 47.9 Å². The van der Waals surface area contributed by atoms with Crippen molar-refractivity contribution in [1.29, 1.82) is 0 Å². The number of carbonyl (C=O) groups is 1. The fourth-order valence-corrected chi connectivity index (χ4v) is 1.85. The third-order valence-corrected chi connectivity index (χ3v) is 2.94. The van der Waals surface area contributed by atoms with E-state index in [-0.39, 0.29) is 12.2 Å². The molecule has 1 N–H and O–H groups in total. The fourth-order valence-electron chi connectivity index (χ4n) is 1.85. The van der Waals surface area contributed by atoms with Crippen molar-refractivity contribution in [2.75, 3.05) is 0 Å². The lowest BCUT2D eigenvalue weighted by atomic mass is 10.1. The molecule has 0 amide bonds. The van der Waals surface area contributed by atoms with E-state index in [1.807, 2.05) is 24.3 Å². The highest BCUT2D eigenvalue weighted by Gasteiger charge is 2.07. The highest BCUT2D eigenvalue weighted by molar-refractivity contribution is 5.87. The van der Waals surface area contributed by atoms with Crippen LogP contribution in [0.25, 0.3) is 0 Å². The lowest BCUT2D eigenvalue weighted by molar-refractivity contribution is 0.0696. The molecular formula is C16H15FO3. The smallest absolute Gasteiger partial charge is 0.335 e. The Morgan fingerprint density at radius 1 is 1.15 bits per heavy atom. The summed E-state index contributed by atoms with van der Waals surface area (Å²) >= 11 is 0. The summed E-state index contributed by atoms with van der Waals surface area (Å²) in [5, 5.41) is 8.87. The average Bonchev–Trinajstić information content (AvgIpc) is 2.45. The predicted octanol–water partition coefficient (Wildman–Crippen LogP) is 3.67. The quantitative estimate of drug-likeness (QED) is 0.905. The summed E-state index contributed by atoms with van der Waals surface area (Å²) in [5.41, 5.74) is 1.61. The van der Waals surface area contributed by atoms with Gasteiger partial charge in [0.1, 0.15) is 18.2 Å². The van der Waals surface area contributed by atoms with E-state index < -0.39 is 11.8 Å². The molecule has 0 aliphatic rings. The zero-order chi connectivity index (χ0) is 14.5. The van der Waals surface area contributed by atoms with Crippen LogP contribution in [0.5, 0.6) is 5.75 Å². The second kappa shape index (κ2) is 6.19. The van der Waals surface area contributed by atoms with Crippen molar-refractivity contribution < 1.29 is 19.0 Å². The van der Waals surface area contributed by atoms with E-state index in [0.717, 1.165) is 12.5 Å². The van der Waals surface area contributed by atoms with Gasteiger partial charge in [-0.3, -0.25) is 0 Å². The van der Waals surface area contributed by atoms with E-state index in [2.05, 4.69) is 6.92 Å². The molecule has 2 aromatic rings. The SMILES string of the molecule is CCc1ccc(OCc2cc(F)cc(C(=O)O)c2)cc1. The number of benzene rings is 2. The standard InChI is InChI=1S/C16H15FO3/c1-2-11-3-5-15(6-4-11)20-10-12-7-13(16(18)19)9-14(17)8-12/h3-9H,2,10H2,1H3,(H,18,19). The molecule has 0 spiro atoms. The predicted molar refractivity (Wildman–Crippen MR) is 73.5 cm³/mol. The summed E-state index contributed by atoms with van der Waals surface area (Å²) in [4.78, 5) is 10.8. The topological polar surface area (TPSA) is 46.5 Å². The van der Waals surface area contributed by atoms with Crippen LogP contribution in [-0.4, -0.2) is 11.1 Å². The first-order valence-electron chi connectivity index (χ1n) is 6.33. The Kier molecular flexibility index (Phi) is 4.35. The fraction of sp³-hybridized carbons (Fsp3) is 0.188. The first-order valence-corrected chi connectivity index (χ1v) is 6.33. The van der Waals surface area contributed by atoms with Crippen molar-refractivity contribution in [3.8, 4) is 5.75 Å². The van der Waals surface area contributed by atoms with Gasteiger partial charge in [0.15, 0.2) is 0 Å². The molecule has 0 fully saturated rings.